The van der Waals surface area contributed by atoms with E-state index in [1.807, 2.05) is 0 Å². The third-order valence-corrected chi connectivity index (χ3v) is 3.34. The van der Waals surface area contributed by atoms with Crippen molar-refractivity contribution in [3.63, 3.8) is 0 Å². The molecule has 0 aliphatic rings. The van der Waals surface area contributed by atoms with Gasteiger partial charge in [0.05, 0.1) is 19.4 Å². The fourth-order valence-corrected chi connectivity index (χ4v) is 2.14. The standard InChI is InChI=1S/C17H14N2O5/c20-15(18-9-12-5-3-7-23-12)10-19-16(21)13-8-11-4-1-2-6-14(11)24-17(13)22/h1-8H,9-10H2,(H,18,20)(H,19,21). The zero-order chi connectivity index (χ0) is 16.9. The molecule has 3 rings (SSSR count). The van der Waals surface area contributed by atoms with Crippen molar-refractivity contribution in [2.45, 2.75) is 6.54 Å². The highest BCUT2D eigenvalue weighted by molar-refractivity contribution is 5.98. The van der Waals surface area contributed by atoms with E-state index in [-0.39, 0.29) is 18.7 Å². The van der Waals surface area contributed by atoms with Gasteiger partial charge in [-0.2, -0.15) is 0 Å². The van der Waals surface area contributed by atoms with Crippen molar-refractivity contribution in [2.75, 3.05) is 6.54 Å². The number of fused-ring (bicyclic) bond motifs is 1. The molecule has 7 heteroatoms. The monoisotopic (exact) mass is 326 g/mol. The van der Waals surface area contributed by atoms with E-state index >= 15 is 0 Å². The number of para-hydroxylation sites is 1. The molecule has 0 saturated heterocycles. The fraction of sp³-hybridized carbons (Fsp3) is 0.118. The van der Waals surface area contributed by atoms with Crippen molar-refractivity contribution in [3.8, 4) is 0 Å². The number of furan rings is 1. The second kappa shape index (κ2) is 6.82. The van der Waals surface area contributed by atoms with E-state index in [1.54, 1.807) is 36.4 Å². The highest BCUT2D eigenvalue weighted by Gasteiger charge is 2.14. The Morgan fingerprint density at radius 3 is 2.67 bits per heavy atom. The Bertz CT molecular complexity index is 928. The molecule has 2 N–H and O–H groups in total. The van der Waals surface area contributed by atoms with Gasteiger partial charge in [0, 0.05) is 5.39 Å². The third-order valence-electron chi connectivity index (χ3n) is 3.34. The largest absolute Gasteiger partial charge is 0.467 e. The van der Waals surface area contributed by atoms with Crippen molar-refractivity contribution in [1.82, 2.24) is 10.6 Å². The molecule has 2 amide bonds. The van der Waals surface area contributed by atoms with Crippen LogP contribution in [0.4, 0.5) is 0 Å². The molecule has 2 aromatic heterocycles. The second-order valence-corrected chi connectivity index (χ2v) is 5.02. The van der Waals surface area contributed by atoms with Gasteiger partial charge in [0.1, 0.15) is 16.9 Å². The van der Waals surface area contributed by atoms with Crippen LogP contribution in [0.25, 0.3) is 11.0 Å². The molecule has 2 heterocycles. The summed E-state index contributed by atoms with van der Waals surface area (Å²) in [5.74, 6) is -0.461. The molecule has 0 saturated carbocycles. The van der Waals surface area contributed by atoms with Crippen LogP contribution in [0.3, 0.4) is 0 Å². The number of hydrogen-bond donors (Lipinski definition) is 2. The molecule has 0 bridgehead atoms. The van der Waals surface area contributed by atoms with E-state index in [2.05, 4.69) is 10.6 Å². The van der Waals surface area contributed by atoms with Crippen molar-refractivity contribution in [2.24, 2.45) is 0 Å². The Morgan fingerprint density at radius 2 is 1.88 bits per heavy atom. The summed E-state index contributed by atoms with van der Waals surface area (Å²) in [6, 6.07) is 11.7. The molecule has 3 aromatic rings. The molecule has 0 radical (unpaired) electrons. The Kier molecular flexibility index (Phi) is 4.42. The molecule has 122 valence electrons. The molecule has 1 aromatic carbocycles. The summed E-state index contributed by atoms with van der Waals surface area (Å²) in [6.45, 7) is -0.0361. The van der Waals surface area contributed by atoms with Crippen LogP contribution in [0.15, 0.2) is 62.4 Å². The predicted octanol–water partition coefficient (Wildman–Crippen LogP) is 1.43. The first kappa shape index (κ1) is 15.5. The molecule has 0 aliphatic carbocycles. The minimum absolute atomic E-state index is 0.146. The van der Waals surface area contributed by atoms with Gasteiger partial charge < -0.3 is 19.5 Å². The predicted molar refractivity (Wildman–Crippen MR) is 85.4 cm³/mol. The molecule has 0 spiro atoms. The highest BCUT2D eigenvalue weighted by atomic mass is 16.4. The van der Waals surface area contributed by atoms with Gasteiger partial charge >= 0.3 is 5.63 Å². The van der Waals surface area contributed by atoms with Crippen LogP contribution >= 0.6 is 0 Å². The number of rotatable bonds is 5. The number of carbonyl (C=O) groups excluding carboxylic acids is 2. The van der Waals surface area contributed by atoms with Crippen LogP contribution in [-0.4, -0.2) is 18.4 Å². The number of benzene rings is 1. The summed E-state index contributed by atoms with van der Waals surface area (Å²) in [7, 11) is 0. The summed E-state index contributed by atoms with van der Waals surface area (Å²) < 4.78 is 10.2. The maximum absolute atomic E-state index is 12.1. The van der Waals surface area contributed by atoms with Gasteiger partial charge in [0.2, 0.25) is 5.91 Å². The average Bonchev–Trinajstić information content (AvgIpc) is 3.10. The Hall–Kier alpha value is -3.35. The van der Waals surface area contributed by atoms with E-state index in [4.69, 9.17) is 8.83 Å². The normalized spacial score (nSPS) is 10.5. The quantitative estimate of drug-likeness (QED) is 0.691. The Balaban J connectivity index is 1.61. The summed E-state index contributed by atoms with van der Waals surface area (Å²) in [5, 5.41) is 5.61. The zero-order valence-electron chi connectivity index (χ0n) is 12.6. The Labute approximate surface area is 136 Å². The average molecular weight is 326 g/mol. The lowest BCUT2D eigenvalue weighted by atomic mass is 10.2. The summed E-state index contributed by atoms with van der Waals surface area (Å²) >= 11 is 0. The molecule has 0 atom stereocenters. The van der Waals surface area contributed by atoms with E-state index in [9.17, 15) is 14.4 Å². The molecule has 7 nitrogen and oxygen atoms in total. The minimum atomic E-state index is -0.748. The molecular formula is C17H14N2O5. The first-order valence-electron chi connectivity index (χ1n) is 7.23. The Morgan fingerprint density at radius 1 is 1.04 bits per heavy atom. The maximum Gasteiger partial charge on any atom is 0.349 e. The smallest absolute Gasteiger partial charge is 0.349 e. The van der Waals surface area contributed by atoms with E-state index in [1.165, 1.54) is 12.3 Å². The maximum atomic E-state index is 12.1. The third kappa shape index (κ3) is 3.52. The van der Waals surface area contributed by atoms with E-state index < -0.39 is 17.4 Å². The van der Waals surface area contributed by atoms with Crippen molar-refractivity contribution < 1.29 is 18.4 Å². The number of amides is 2. The molecule has 0 unspecified atom stereocenters. The van der Waals surface area contributed by atoms with Crippen molar-refractivity contribution >= 4 is 22.8 Å². The lowest BCUT2D eigenvalue weighted by Crippen LogP contribution is -2.38. The van der Waals surface area contributed by atoms with Crippen molar-refractivity contribution in [3.05, 3.63) is 70.5 Å². The van der Waals surface area contributed by atoms with Crippen molar-refractivity contribution in [1.29, 1.82) is 0 Å². The molecule has 24 heavy (non-hydrogen) atoms. The van der Waals surface area contributed by atoms with Gasteiger partial charge in [-0.1, -0.05) is 18.2 Å². The lowest BCUT2D eigenvalue weighted by Gasteiger charge is -2.06. The van der Waals surface area contributed by atoms with Crippen LogP contribution in [-0.2, 0) is 11.3 Å². The first-order valence-corrected chi connectivity index (χ1v) is 7.23. The highest BCUT2D eigenvalue weighted by Crippen LogP contribution is 2.12. The number of carbonyl (C=O) groups is 2. The van der Waals surface area contributed by atoms with Gasteiger partial charge in [-0.3, -0.25) is 9.59 Å². The SMILES string of the molecule is O=C(CNC(=O)c1cc2ccccc2oc1=O)NCc1ccco1. The summed E-state index contributed by atoms with van der Waals surface area (Å²) in [6.07, 6.45) is 1.50. The van der Waals surface area contributed by atoms with Crippen LogP contribution in [0, 0.1) is 0 Å². The zero-order valence-corrected chi connectivity index (χ0v) is 12.6. The molecule has 0 fully saturated rings. The van der Waals surface area contributed by atoms with Crippen LogP contribution < -0.4 is 16.3 Å². The summed E-state index contributed by atoms with van der Waals surface area (Å²) in [4.78, 5) is 35.6. The molecular weight excluding hydrogens is 312 g/mol. The fourth-order valence-electron chi connectivity index (χ4n) is 2.14. The van der Waals surface area contributed by atoms with Gasteiger partial charge in [-0.15, -0.1) is 0 Å². The van der Waals surface area contributed by atoms with Gasteiger partial charge in [-0.05, 0) is 24.3 Å². The van der Waals surface area contributed by atoms with Gasteiger partial charge in [0.25, 0.3) is 5.91 Å². The topological polar surface area (TPSA) is 102 Å². The number of nitrogens with one attached hydrogen (secondary N) is 2. The second-order valence-electron chi connectivity index (χ2n) is 5.02. The van der Waals surface area contributed by atoms with Crippen LogP contribution in [0.1, 0.15) is 16.1 Å². The minimum Gasteiger partial charge on any atom is -0.467 e. The van der Waals surface area contributed by atoms with E-state index in [0.29, 0.717) is 16.7 Å². The summed E-state index contributed by atoms with van der Waals surface area (Å²) in [5.41, 5.74) is -0.495. The van der Waals surface area contributed by atoms with Gasteiger partial charge in [0.15, 0.2) is 0 Å². The van der Waals surface area contributed by atoms with E-state index in [0.717, 1.165) is 0 Å². The van der Waals surface area contributed by atoms with Gasteiger partial charge in [-0.25, -0.2) is 4.79 Å². The number of hydrogen-bond acceptors (Lipinski definition) is 5. The molecule has 0 aliphatic heterocycles. The van der Waals surface area contributed by atoms with Crippen LogP contribution in [0.2, 0.25) is 0 Å². The first-order chi connectivity index (χ1) is 11.6. The van der Waals surface area contributed by atoms with Crippen LogP contribution in [0.5, 0.6) is 0 Å². The lowest BCUT2D eigenvalue weighted by molar-refractivity contribution is -0.120.